The number of amides is 2. The second-order valence-electron chi connectivity index (χ2n) is 7.00. The van der Waals surface area contributed by atoms with Crippen LogP contribution in [0, 0.1) is 6.92 Å². The average Bonchev–Trinajstić information content (AvgIpc) is 3.51. The summed E-state index contributed by atoms with van der Waals surface area (Å²) in [5.74, 6) is 0.813. The summed E-state index contributed by atoms with van der Waals surface area (Å²) in [4.78, 5) is 28.8. The summed E-state index contributed by atoms with van der Waals surface area (Å²) in [7, 11) is 0. The molecule has 33 heavy (non-hydrogen) atoms. The maximum absolute atomic E-state index is 12.3. The Labute approximate surface area is 194 Å². The zero-order chi connectivity index (χ0) is 23.0. The Bertz CT molecular complexity index is 1220. The molecule has 0 spiro atoms. The van der Waals surface area contributed by atoms with E-state index in [2.05, 4.69) is 15.8 Å². The molecule has 0 aliphatic heterocycles. The molecule has 0 fully saturated rings. The van der Waals surface area contributed by atoms with Gasteiger partial charge in [-0.15, -0.1) is 11.3 Å². The fraction of sp³-hybridized carbons (Fsp3) is 0.125. The molecule has 0 radical (unpaired) electrons. The molecular weight excluding hydrogens is 442 g/mol. The molecular formula is C24H21N3O5S. The summed E-state index contributed by atoms with van der Waals surface area (Å²) < 4.78 is 16.7. The second kappa shape index (κ2) is 10.5. The van der Waals surface area contributed by atoms with Gasteiger partial charge in [-0.1, -0.05) is 35.9 Å². The Morgan fingerprint density at radius 2 is 1.58 bits per heavy atom. The van der Waals surface area contributed by atoms with Gasteiger partial charge in [-0.05, 0) is 43.3 Å². The smallest absolute Gasteiger partial charge is 0.305 e. The minimum Gasteiger partial charge on any atom is -0.486 e. The van der Waals surface area contributed by atoms with Crippen LogP contribution in [0.25, 0.3) is 0 Å². The Hall–Kier alpha value is -4.11. The third-order valence-corrected chi connectivity index (χ3v) is 5.29. The first-order chi connectivity index (χ1) is 16.1. The molecule has 0 aliphatic rings. The van der Waals surface area contributed by atoms with E-state index in [1.54, 1.807) is 11.4 Å². The van der Waals surface area contributed by atoms with Crippen molar-refractivity contribution in [3.8, 4) is 11.5 Å². The van der Waals surface area contributed by atoms with Crippen molar-refractivity contribution in [3.63, 3.8) is 0 Å². The minimum absolute atomic E-state index is 0.0485. The zero-order valence-corrected chi connectivity index (χ0v) is 18.6. The van der Waals surface area contributed by atoms with Gasteiger partial charge in [0.15, 0.2) is 5.76 Å². The number of nitrogens with one attached hydrogen (secondary N) is 2. The highest BCUT2D eigenvalue weighted by atomic mass is 32.1. The van der Waals surface area contributed by atoms with Crippen LogP contribution in [-0.4, -0.2) is 16.8 Å². The number of carbonyl (C=O) groups excluding carboxylic acids is 2. The van der Waals surface area contributed by atoms with Crippen molar-refractivity contribution in [2.24, 2.45) is 0 Å². The minimum atomic E-state index is -0.590. The highest BCUT2D eigenvalue weighted by molar-refractivity contribution is 7.09. The van der Waals surface area contributed by atoms with E-state index < -0.39 is 11.8 Å². The van der Waals surface area contributed by atoms with Crippen LogP contribution >= 0.6 is 11.3 Å². The molecule has 0 atom stereocenters. The topological polar surface area (TPSA) is 103 Å². The lowest BCUT2D eigenvalue weighted by atomic mass is 10.2. The van der Waals surface area contributed by atoms with E-state index in [0.29, 0.717) is 16.5 Å². The number of thiazole rings is 1. The lowest BCUT2D eigenvalue weighted by Gasteiger charge is -2.05. The summed E-state index contributed by atoms with van der Waals surface area (Å²) in [5, 5.41) is 2.24. The average molecular weight is 464 g/mol. The maximum Gasteiger partial charge on any atom is 0.305 e. The monoisotopic (exact) mass is 463 g/mol. The Morgan fingerprint density at radius 1 is 0.879 bits per heavy atom. The standard InChI is InChI=1S/C24H21N3O5S/c1-16-7-9-18(10-8-16)31-14-22-25-20(15-33-22)23(28)26-27-24(29)21-12-11-19(32-21)13-30-17-5-3-2-4-6-17/h2-12,15H,13-14H2,1H3,(H,26,28)(H,27,29). The number of hydrazine groups is 1. The van der Waals surface area contributed by atoms with Crippen LogP contribution in [0.4, 0.5) is 0 Å². The Morgan fingerprint density at radius 3 is 2.36 bits per heavy atom. The number of carbonyl (C=O) groups is 2. The van der Waals surface area contributed by atoms with Gasteiger partial charge in [0.2, 0.25) is 0 Å². The highest BCUT2D eigenvalue weighted by Crippen LogP contribution is 2.16. The molecule has 2 amide bonds. The largest absolute Gasteiger partial charge is 0.486 e. The van der Waals surface area contributed by atoms with E-state index in [1.165, 1.54) is 17.4 Å². The summed E-state index contributed by atoms with van der Waals surface area (Å²) in [6, 6.07) is 20.1. The molecule has 0 unspecified atom stereocenters. The van der Waals surface area contributed by atoms with Gasteiger partial charge in [0.05, 0.1) is 0 Å². The van der Waals surface area contributed by atoms with Crippen LogP contribution in [0.3, 0.4) is 0 Å². The van der Waals surface area contributed by atoms with Crippen LogP contribution < -0.4 is 20.3 Å². The van der Waals surface area contributed by atoms with Crippen LogP contribution in [-0.2, 0) is 13.2 Å². The van der Waals surface area contributed by atoms with Gasteiger partial charge in [-0.25, -0.2) is 4.98 Å². The number of furan rings is 1. The quantitative estimate of drug-likeness (QED) is 0.378. The summed E-state index contributed by atoms with van der Waals surface area (Å²) >= 11 is 1.30. The van der Waals surface area contributed by atoms with Crippen molar-refractivity contribution in [2.45, 2.75) is 20.1 Å². The van der Waals surface area contributed by atoms with E-state index in [4.69, 9.17) is 13.9 Å². The number of ether oxygens (including phenoxy) is 2. The van der Waals surface area contributed by atoms with Crippen molar-refractivity contribution in [1.29, 1.82) is 0 Å². The van der Waals surface area contributed by atoms with E-state index >= 15 is 0 Å². The zero-order valence-electron chi connectivity index (χ0n) is 17.7. The van der Waals surface area contributed by atoms with Gasteiger partial charge in [0.1, 0.15) is 41.2 Å². The van der Waals surface area contributed by atoms with Gasteiger partial charge in [-0.3, -0.25) is 20.4 Å². The SMILES string of the molecule is Cc1ccc(OCc2nc(C(=O)NNC(=O)c3ccc(COc4ccccc4)o3)cs2)cc1. The number of para-hydroxylation sites is 1. The van der Waals surface area contributed by atoms with E-state index in [9.17, 15) is 9.59 Å². The van der Waals surface area contributed by atoms with Crippen molar-refractivity contribution < 1.29 is 23.5 Å². The lowest BCUT2D eigenvalue weighted by Crippen LogP contribution is -2.41. The first-order valence-electron chi connectivity index (χ1n) is 10.1. The Kier molecular flexibility index (Phi) is 7.01. The molecule has 0 aliphatic carbocycles. The van der Waals surface area contributed by atoms with Crippen LogP contribution in [0.1, 0.15) is 37.4 Å². The second-order valence-corrected chi connectivity index (χ2v) is 7.95. The molecule has 2 heterocycles. The molecule has 4 aromatic rings. The summed E-state index contributed by atoms with van der Waals surface area (Å²) in [6.45, 7) is 2.42. The van der Waals surface area contributed by atoms with Gasteiger partial charge in [-0.2, -0.15) is 0 Å². The molecule has 4 rings (SSSR count). The molecule has 0 saturated carbocycles. The molecule has 2 N–H and O–H groups in total. The molecule has 168 valence electrons. The lowest BCUT2D eigenvalue weighted by molar-refractivity contribution is 0.0826. The van der Waals surface area contributed by atoms with Crippen molar-refractivity contribution in [1.82, 2.24) is 15.8 Å². The van der Waals surface area contributed by atoms with Crippen LogP contribution in [0.2, 0.25) is 0 Å². The molecule has 2 aromatic carbocycles. The van der Waals surface area contributed by atoms with E-state index in [0.717, 1.165) is 11.3 Å². The number of benzene rings is 2. The number of nitrogens with zero attached hydrogens (tertiary/aromatic N) is 1. The highest BCUT2D eigenvalue weighted by Gasteiger charge is 2.15. The summed E-state index contributed by atoms with van der Waals surface area (Å²) in [5.41, 5.74) is 5.97. The first-order valence-corrected chi connectivity index (χ1v) is 11.0. The molecule has 0 bridgehead atoms. The van der Waals surface area contributed by atoms with Gasteiger partial charge in [0.25, 0.3) is 5.91 Å². The molecule has 8 nitrogen and oxygen atoms in total. The third kappa shape index (κ3) is 6.20. The maximum atomic E-state index is 12.3. The number of aromatic nitrogens is 1. The number of aryl methyl sites for hydroxylation is 1. The van der Waals surface area contributed by atoms with E-state index in [1.807, 2.05) is 61.5 Å². The predicted octanol–water partition coefficient (Wildman–Crippen LogP) is 4.28. The van der Waals surface area contributed by atoms with Crippen molar-refractivity contribution >= 4 is 23.2 Å². The predicted molar refractivity (Wildman–Crippen MR) is 122 cm³/mol. The number of hydrogen-bond donors (Lipinski definition) is 2. The fourth-order valence-corrected chi connectivity index (χ4v) is 3.43. The van der Waals surface area contributed by atoms with Gasteiger partial charge in [0, 0.05) is 5.38 Å². The molecule has 9 heteroatoms. The fourth-order valence-electron chi connectivity index (χ4n) is 2.75. The van der Waals surface area contributed by atoms with Crippen molar-refractivity contribution in [3.05, 3.63) is 99.9 Å². The molecule has 0 saturated heterocycles. The van der Waals surface area contributed by atoms with Crippen molar-refractivity contribution in [2.75, 3.05) is 0 Å². The normalized spacial score (nSPS) is 10.5. The third-order valence-electron chi connectivity index (χ3n) is 4.47. The van der Waals surface area contributed by atoms with Gasteiger partial charge < -0.3 is 13.9 Å². The number of rotatable bonds is 8. The van der Waals surface area contributed by atoms with Crippen LogP contribution in [0.15, 0.2) is 76.5 Å². The molecule has 2 aromatic heterocycles. The van der Waals surface area contributed by atoms with Crippen LogP contribution in [0.5, 0.6) is 11.5 Å². The number of hydrogen-bond acceptors (Lipinski definition) is 7. The Balaban J connectivity index is 1.23. The van der Waals surface area contributed by atoms with E-state index in [-0.39, 0.29) is 24.7 Å². The van der Waals surface area contributed by atoms with Gasteiger partial charge >= 0.3 is 5.91 Å². The summed E-state index contributed by atoms with van der Waals surface area (Å²) in [6.07, 6.45) is 0. The first kappa shape index (κ1) is 22.1.